The van der Waals surface area contributed by atoms with Crippen molar-refractivity contribution in [1.29, 1.82) is 0 Å². The van der Waals surface area contributed by atoms with E-state index in [2.05, 4.69) is 6.92 Å². The molecular formula is C13H19NO2. The van der Waals surface area contributed by atoms with Crippen LogP contribution in [0.5, 0.6) is 0 Å². The third kappa shape index (κ3) is 2.13. The van der Waals surface area contributed by atoms with Gasteiger partial charge < -0.3 is 9.32 Å². The van der Waals surface area contributed by atoms with E-state index in [9.17, 15) is 4.79 Å². The van der Waals surface area contributed by atoms with Crippen molar-refractivity contribution < 1.29 is 9.21 Å². The van der Waals surface area contributed by atoms with E-state index in [1.54, 1.807) is 0 Å². The Kier molecular flexibility index (Phi) is 3.03. The fourth-order valence-electron chi connectivity index (χ4n) is 2.39. The number of hydrogen-bond acceptors (Lipinski definition) is 2. The summed E-state index contributed by atoms with van der Waals surface area (Å²) < 4.78 is 5.41. The van der Waals surface area contributed by atoms with Crippen LogP contribution in [-0.4, -0.2) is 23.9 Å². The first-order valence-electron chi connectivity index (χ1n) is 5.94. The first-order valence-corrected chi connectivity index (χ1v) is 5.94. The molecule has 1 unspecified atom stereocenters. The van der Waals surface area contributed by atoms with Crippen LogP contribution in [0.4, 0.5) is 0 Å². The molecule has 3 heteroatoms. The summed E-state index contributed by atoms with van der Waals surface area (Å²) in [6, 6.07) is 1.84. The monoisotopic (exact) mass is 221 g/mol. The summed E-state index contributed by atoms with van der Waals surface area (Å²) in [5.74, 6) is 2.29. The number of carbonyl (C=O) groups excluding carboxylic acids is 1. The Balaban J connectivity index is 2.15. The van der Waals surface area contributed by atoms with Crippen LogP contribution in [-0.2, 0) is 0 Å². The minimum Gasteiger partial charge on any atom is -0.466 e. The minimum atomic E-state index is 0.126. The van der Waals surface area contributed by atoms with Crippen molar-refractivity contribution in [2.75, 3.05) is 13.1 Å². The van der Waals surface area contributed by atoms with E-state index in [0.717, 1.165) is 36.6 Å². The zero-order valence-electron chi connectivity index (χ0n) is 10.2. The van der Waals surface area contributed by atoms with E-state index >= 15 is 0 Å². The maximum atomic E-state index is 12.2. The fraction of sp³-hybridized carbons (Fsp3) is 0.615. The Labute approximate surface area is 96.4 Å². The van der Waals surface area contributed by atoms with Crippen molar-refractivity contribution in [2.45, 2.75) is 33.6 Å². The summed E-state index contributed by atoms with van der Waals surface area (Å²) in [6.45, 7) is 7.69. The van der Waals surface area contributed by atoms with E-state index in [4.69, 9.17) is 4.42 Å². The molecule has 1 amide bonds. The van der Waals surface area contributed by atoms with E-state index < -0.39 is 0 Å². The average molecular weight is 221 g/mol. The predicted octanol–water partition coefficient (Wildman–Crippen LogP) is 2.77. The first kappa shape index (κ1) is 11.2. The third-order valence-corrected chi connectivity index (χ3v) is 3.22. The zero-order valence-corrected chi connectivity index (χ0v) is 10.2. The van der Waals surface area contributed by atoms with Gasteiger partial charge in [0.15, 0.2) is 0 Å². The molecule has 0 spiro atoms. The topological polar surface area (TPSA) is 33.5 Å². The quantitative estimate of drug-likeness (QED) is 0.730. The van der Waals surface area contributed by atoms with Gasteiger partial charge in [0.05, 0.1) is 5.56 Å². The molecule has 88 valence electrons. The molecule has 0 aliphatic carbocycles. The number of piperidine rings is 1. The smallest absolute Gasteiger partial charge is 0.257 e. The molecule has 0 aromatic carbocycles. The van der Waals surface area contributed by atoms with E-state index in [1.165, 1.54) is 6.42 Å². The fourth-order valence-corrected chi connectivity index (χ4v) is 2.39. The van der Waals surface area contributed by atoms with Crippen molar-refractivity contribution in [1.82, 2.24) is 4.90 Å². The standard InChI is InChI=1S/C13H19NO2/c1-9-5-4-6-14(8-9)13(15)12-7-10(2)16-11(12)3/h7,9H,4-6,8H2,1-3H3. The summed E-state index contributed by atoms with van der Waals surface area (Å²) >= 11 is 0. The van der Waals surface area contributed by atoms with Gasteiger partial charge >= 0.3 is 0 Å². The van der Waals surface area contributed by atoms with Crippen LogP contribution < -0.4 is 0 Å². The number of carbonyl (C=O) groups is 1. The van der Waals surface area contributed by atoms with Gasteiger partial charge in [-0.1, -0.05) is 6.92 Å². The van der Waals surface area contributed by atoms with Gasteiger partial charge in [0, 0.05) is 13.1 Å². The summed E-state index contributed by atoms with van der Waals surface area (Å²) in [7, 11) is 0. The van der Waals surface area contributed by atoms with Crippen molar-refractivity contribution in [3.05, 3.63) is 23.2 Å². The lowest BCUT2D eigenvalue weighted by Crippen LogP contribution is -2.39. The van der Waals surface area contributed by atoms with Crippen LogP contribution in [0.1, 0.15) is 41.6 Å². The van der Waals surface area contributed by atoms with Crippen molar-refractivity contribution in [2.24, 2.45) is 5.92 Å². The molecule has 0 bridgehead atoms. The number of furan rings is 1. The van der Waals surface area contributed by atoms with E-state index in [1.807, 2.05) is 24.8 Å². The van der Waals surface area contributed by atoms with E-state index in [0.29, 0.717) is 5.92 Å². The van der Waals surface area contributed by atoms with Gasteiger partial charge in [0.1, 0.15) is 11.5 Å². The number of rotatable bonds is 1. The molecule has 1 aromatic rings. The Hall–Kier alpha value is -1.25. The van der Waals surface area contributed by atoms with Gasteiger partial charge in [0.2, 0.25) is 0 Å². The van der Waals surface area contributed by atoms with Crippen LogP contribution in [0.3, 0.4) is 0 Å². The highest BCUT2D eigenvalue weighted by molar-refractivity contribution is 5.95. The molecule has 0 saturated carbocycles. The normalized spacial score (nSPS) is 21.2. The van der Waals surface area contributed by atoms with Gasteiger partial charge in [-0.05, 0) is 38.7 Å². The molecular weight excluding hydrogens is 202 g/mol. The van der Waals surface area contributed by atoms with Gasteiger partial charge in [0.25, 0.3) is 5.91 Å². The van der Waals surface area contributed by atoms with Crippen LogP contribution in [0.15, 0.2) is 10.5 Å². The second kappa shape index (κ2) is 4.32. The van der Waals surface area contributed by atoms with Crippen LogP contribution in [0.2, 0.25) is 0 Å². The molecule has 1 atom stereocenters. The van der Waals surface area contributed by atoms with Crippen molar-refractivity contribution in [3.63, 3.8) is 0 Å². The zero-order chi connectivity index (χ0) is 11.7. The highest BCUT2D eigenvalue weighted by Gasteiger charge is 2.24. The highest BCUT2D eigenvalue weighted by Crippen LogP contribution is 2.21. The number of aryl methyl sites for hydroxylation is 2. The third-order valence-electron chi connectivity index (χ3n) is 3.22. The molecule has 1 aliphatic heterocycles. The number of amides is 1. The molecule has 2 rings (SSSR count). The van der Waals surface area contributed by atoms with Gasteiger partial charge in [-0.3, -0.25) is 4.79 Å². The molecule has 3 nitrogen and oxygen atoms in total. The van der Waals surface area contributed by atoms with Crippen molar-refractivity contribution >= 4 is 5.91 Å². The summed E-state index contributed by atoms with van der Waals surface area (Å²) in [4.78, 5) is 14.2. The van der Waals surface area contributed by atoms with Gasteiger partial charge in [-0.15, -0.1) is 0 Å². The SMILES string of the molecule is Cc1cc(C(=O)N2CCCC(C)C2)c(C)o1. The molecule has 1 fully saturated rings. The summed E-state index contributed by atoms with van der Waals surface area (Å²) in [5.41, 5.74) is 0.728. The molecule has 0 radical (unpaired) electrons. The molecule has 0 N–H and O–H groups in total. The van der Waals surface area contributed by atoms with Gasteiger partial charge in [-0.25, -0.2) is 0 Å². The summed E-state index contributed by atoms with van der Waals surface area (Å²) in [5, 5.41) is 0. The number of nitrogens with zero attached hydrogens (tertiary/aromatic N) is 1. The Bertz CT molecular complexity index is 395. The average Bonchev–Trinajstić information content (AvgIpc) is 2.57. The molecule has 1 saturated heterocycles. The maximum Gasteiger partial charge on any atom is 0.257 e. The minimum absolute atomic E-state index is 0.126. The molecule has 1 aromatic heterocycles. The molecule has 1 aliphatic rings. The second-order valence-corrected chi connectivity index (χ2v) is 4.83. The Morgan fingerprint density at radius 2 is 2.25 bits per heavy atom. The summed E-state index contributed by atoms with van der Waals surface area (Å²) in [6.07, 6.45) is 2.34. The first-order chi connectivity index (χ1) is 7.58. The van der Waals surface area contributed by atoms with Crippen LogP contribution >= 0.6 is 0 Å². The Morgan fingerprint density at radius 3 is 2.81 bits per heavy atom. The highest BCUT2D eigenvalue weighted by atomic mass is 16.3. The second-order valence-electron chi connectivity index (χ2n) is 4.83. The Morgan fingerprint density at radius 1 is 1.50 bits per heavy atom. The number of hydrogen-bond donors (Lipinski definition) is 0. The van der Waals surface area contributed by atoms with Crippen molar-refractivity contribution in [3.8, 4) is 0 Å². The van der Waals surface area contributed by atoms with E-state index in [-0.39, 0.29) is 5.91 Å². The van der Waals surface area contributed by atoms with Gasteiger partial charge in [-0.2, -0.15) is 0 Å². The maximum absolute atomic E-state index is 12.2. The molecule has 16 heavy (non-hydrogen) atoms. The number of likely N-dealkylation sites (tertiary alicyclic amines) is 1. The molecule has 2 heterocycles. The lowest BCUT2D eigenvalue weighted by atomic mass is 9.99. The predicted molar refractivity (Wildman–Crippen MR) is 62.5 cm³/mol. The lowest BCUT2D eigenvalue weighted by Gasteiger charge is -2.30. The van der Waals surface area contributed by atoms with Crippen LogP contribution in [0.25, 0.3) is 0 Å². The largest absolute Gasteiger partial charge is 0.466 e. The lowest BCUT2D eigenvalue weighted by molar-refractivity contribution is 0.0681. The van der Waals surface area contributed by atoms with Crippen LogP contribution in [0, 0.1) is 19.8 Å².